The second-order valence-corrected chi connectivity index (χ2v) is 10.3. The summed E-state index contributed by atoms with van der Waals surface area (Å²) in [6.07, 6.45) is 0. The van der Waals surface area contributed by atoms with E-state index in [0.29, 0.717) is 6.54 Å². The number of nitrogens with one attached hydrogen (secondary N) is 1. The van der Waals surface area contributed by atoms with Gasteiger partial charge in [0.2, 0.25) is 15.9 Å². The standard InChI is InChI=1S/C20H25N3O3S2/c1-14-5-6-15(2)17(11-14)21-20(24)13-23-9-10-27-19-8-7-16(12-18(19)23)28(25,26)22(3)4/h5-8,11-12H,9-10,13H2,1-4H3,(H,21,24). The highest BCUT2D eigenvalue weighted by Crippen LogP contribution is 2.36. The van der Waals surface area contributed by atoms with Crippen molar-refractivity contribution in [2.75, 3.05) is 43.2 Å². The van der Waals surface area contributed by atoms with Crippen LogP contribution in [0.1, 0.15) is 11.1 Å². The Kier molecular flexibility index (Phi) is 6.02. The van der Waals surface area contributed by atoms with E-state index in [2.05, 4.69) is 5.32 Å². The number of benzene rings is 2. The lowest BCUT2D eigenvalue weighted by Gasteiger charge is -2.31. The summed E-state index contributed by atoms with van der Waals surface area (Å²) in [7, 11) is -0.499. The molecule has 2 aromatic rings. The predicted octanol–water partition coefficient (Wildman–Crippen LogP) is 3.10. The van der Waals surface area contributed by atoms with Crippen LogP contribution in [0.5, 0.6) is 0 Å². The molecular formula is C20H25N3O3S2. The first-order valence-corrected chi connectivity index (χ1v) is 11.4. The van der Waals surface area contributed by atoms with Crippen molar-refractivity contribution in [2.24, 2.45) is 0 Å². The first-order valence-electron chi connectivity index (χ1n) is 9.00. The van der Waals surface area contributed by atoms with Gasteiger partial charge in [0.1, 0.15) is 0 Å². The molecule has 2 aromatic carbocycles. The molecule has 0 unspecified atom stereocenters. The number of anilines is 2. The Morgan fingerprint density at radius 2 is 1.93 bits per heavy atom. The summed E-state index contributed by atoms with van der Waals surface area (Å²) in [5.74, 6) is 0.733. The zero-order chi connectivity index (χ0) is 20.5. The summed E-state index contributed by atoms with van der Waals surface area (Å²) in [5, 5.41) is 2.98. The van der Waals surface area contributed by atoms with Gasteiger partial charge in [-0.25, -0.2) is 12.7 Å². The number of hydrogen-bond donors (Lipinski definition) is 1. The normalized spacial score (nSPS) is 14.1. The Morgan fingerprint density at radius 1 is 1.18 bits per heavy atom. The van der Waals surface area contributed by atoms with Gasteiger partial charge in [-0.3, -0.25) is 4.79 Å². The van der Waals surface area contributed by atoms with Gasteiger partial charge in [0.25, 0.3) is 0 Å². The Balaban J connectivity index is 1.83. The molecule has 0 saturated carbocycles. The maximum absolute atomic E-state index is 12.7. The second-order valence-electron chi connectivity index (χ2n) is 7.05. The molecule has 0 bridgehead atoms. The Bertz CT molecular complexity index is 1000. The van der Waals surface area contributed by atoms with Gasteiger partial charge in [-0.2, -0.15) is 0 Å². The number of fused-ring (bicyclic) bond motifs is 1. The van der Waals surface area contributed by atoms with Gasteiger partial charge in [-0.15, -0.1) is 11.8 Å². The van der Waals surface area contributed by atoms with Crippen LogP contribution in [0, 0.1) is 13.8 Å². The van der Waals surface area contributed by atoms with E-state index in [1.165, 1.54) is 18.4 Å². The zero-order valence-electron chi connectivity index (χ0n) is 16.5. The average molecular weight is 420 g/mol. The molecule has 1 amide bonds. The van der Waals surface area contributed by atoms with E-state index >= 15 is 0 Å². The molecule has 0 saturated heterocycles. The van der Waals surface area contributed by atoms with E-state index in [1.54, 1.807) is 23.9 Å². The molecule has 0 aliphatic carbocycles. The molecule has 1 N–H and O–H groups in total. The van der Waals surface area contributed by atoms with E-state index < -0.39 is 10.0 Å². The van der Waals surface area contributed by atoms with Crippen LogP contribution in [0.3, 0.4) is 0 Å². The molecule has 0 fully saturated rings. The van der Waals surface area contributed by atoms with Crippen molar-refractivity contribution in [1.29, 1.82) is 0 Å². The van der Waals surface area contributed by atoms with Crippen LogP contribution in [0.25, 0.3) is 0 Å². The molecule has 8 heteroatoms. The number of rotatable bonds is 5. The van der Waals surface area contributed by atoms with E-state index in [9.17, 15) is 13.2 Å². The fourth-order valence-electron chi connectivity index (χ4n) is 3.02. The van der Waals surface area contributed by atoms with E-state index in [4.69, 9.17) is 0 Å². The second kappa shape index (κ2) is 8.14. The maximum Gasteiger partial charge on any atom is 0.243 e. The smallest absolute Gasteiger partial charge is 0.243 e. The Morgan fingerprint density at radius 3 is 2.64 bits per heavy atom. The highest BCUT2D eigenvalue weighted by atomic mass is 32.2. The van der Waals surface area contributed by atoms with Gasteiger partial charge in [-0.1, -0.05) is 12.1 Å². The minimum absolute atomic E-state index is 0.118. The van der Waals surface area contributed by atoms with E-state index in [-0.39, 0.29) is 17.3 Å². The summed E-state index contributed by atoms with van der Waals surface area (Å²) in [6, 6.07) is 11.1. The lowest BCUT2D eigenvalue weighted by atomic mass is 10.1. The topological polar surface area (TPSA) is 69.7 Å². The van der Waals surface area contributed by atoms with Crippen molar-refractivity contribution in [2.45, 2.75) is 23.6 Å². The molecule has 150 valence electrons. The summed E-state index contributed by atoms with van der Waals surface area (Å²) >= 11 is 1.67. The van der Waals surface area contributed by atoms with Crippen molar-refractivity contribution in [3.05, 3.63) is 47.5 Å². The van der Waals surface area contributed by atoms with Crippen molar-refractivity contribution in [3.63, 3.8) is 0 Å². The van der Waals surface area contributed by atoms with Crippen molar-refractivity contribution < 1.29 is 13.2 Å². The van der Waals surface area contributed by atoms with Crippen LogP contribution < -0.4 is 10.2 Å². The molecule has 1 aliphatic heterocycles. The molecule has 0 radical (unpaired) electrons. The quantitative estimate of drug-likeness (QED) is 0.806. The molecule has 0 aromatic heterocycles. The van der Waals surface area contributed by atoms with Gasteiger partial charge in [0, 0.05) is 37.0 Å². The first kappa shape index (κ1) is 20.7. The number of nitrogens with zero attached hydrogens (tertiary/aromatic N) is 2. The minimum Gasteiger partial charge on any atom is -0.360 e. The number of aryl methyl sites for hydroxylation is 2. The lowest BCUT2D eigenvalue weighted by molar-refractivity contribution is -0.115. The molecule has 6 nitrogen and oxygen atoms in total. The van der Waals surface area contributed by atoms with E-state index in [0.717, 1.165) is 33.2 Å². The Hall–Kier alpha value is -2.03. The van der Waals surface area contributed by atoms with Crippen LogP contribution >= 0.6 is 11.8 Å². The number of carbonyl (C=O) groups is 1. The van der Waals surface area contributed by atoms with Gasteiger partial charge in [0.15, 0.2) is 0 Å². The lowest BCUT2D eigenvalue weighted by Crippen LogP contribution is -2.37. The predicted molar refractivity (Wildman–Crippen MR) is 115 cm³/mol. The number of amides is 1. The third kappa shape index (κ3) is 4.34. The highest BCUT2D eigenvalue weighted by molar-refractivity contribution is 7.99. The SMILES string of the molecule is Cc1ccc(C)c(NC(=O)CN2CCSc3ccc(S(=O)(=O)N(C)C)cc32)c1. The highest BCUT2D eigenvalue weighted by Gasteiger charge is 2.24. The van der Waals surface area contributed by atoms with Crippen molar-refractivity contribution in [3.8, 4) is 0 Å². The molecule has 28 heavy (non-hydrogen) atoms. The third-order valence-electron chi connectivity index (χ3n) is 4.67. The monoisotopic (exact) mass is 419 g/mol. The van der Waals surface area contributed by atoms with Crippen LogP contribution in [0.2, 0.25) is 0 Å². The summed E-state index contributed by atoms with van der Waals surface area (Å²) < 4.78 is 26.2. The van der Waals surface area contributed by atoms with Crippen molar-refractivity contribution in [1.82, 2.24) is 4.31 Å². The molecular weight excluding hydrogens is 394 g/mol. The zero-order valence-corrected chi connectivity index (χ0v) is 18.2. The van der Waals surface area contributed by atoms with Crippen LogP contribution in [0.4, 0.5) is 11.4 Å². The van der Waals surface area contributed by atoms with E-state index in [1.807, 2.05) is 43.0 Å². The number of thioether (sulfide) groups is 1. The molecule has 1 aliphatic rings. The van der Waals surface area contributed by atoms with Gasteiger partial charge in [-0.05, 0) is 49.2 Å². The maximum atomic E-state index is 12.7. The van der Waals surface area contributed by atoms with Gasteiger partial charge < -0.3 is 10.2 Å². The summed E-state index contributed by atoms with van der Waals surface area (Å²) in [5.41, 5.74) is 3.68. The molecule has 1 heterocycles. The van der Waals surface area contributed by atoms with Crippen LogP contribution in [-0.4, -0.2) is 51.6 Å². The number of hydrogen-bond acceptors (Lipinski definition) is 5. The van der Waals surface area contributed by atoms with Crippen molar-refractivity contribution >= 4 is 39.1 Å². The number of sulfonamides is 1. The van der Waals surface area contributed by atoms with Crippen LogP contribution in [0.15, 0.2) is 46.2 Å². The minimum atomic E-state index is -3.52. The first-order chi connectivity index (χ1) is 13.2. The third-order valence-corrected chi connectivity index (χ3v) is 7.52. The summed E-state index contributed by atoms with van der Waals surface area (Å²) in [6.45, 7) is 4.80. The fourth-order valence-corrected chi connectivity index (χ4v) is 4.98. The van der Waals surface area contributed by atoms with Gasteiger partial charge in [0.05, 0.1) is 17.1 Å². The largest absolute Gasteiger partial charge is 0.360 e. The van der Waals surface area contributed by atoms with Crippen LogP contribution in [-0.2, 0) is 14.8 Å². The molecule has 3 rings (SSSR count). The molecule has 0 spiro atoms. The number of carbonyl (C=O) groups excluding carboxylic acids is 1. The molecule has 0 atom stereocenters. The Labute approximate surface area is 171 Å². The fraction of sp³-hybridized carbons (Fsp3) is 0.350. The average Bonchev–Trinajstić information content (AvgIpc) is 2.64. The summed E-state index contributed by atoms with van der Waals surface area (Å²) in [4.78, 5) is 15.8. The van der Waals surface area contributed by atoms with Gasteiger partial charge >= 0.3 is 0 Å².